The minimum atomic E-state index is -0.494. The van der Waals surface area contributed by atoms with Gasteiger partial charge in [0.1, 0.15) is 0 Å². The Morgan fingerprint density at radius 2 is 1.71 bits per heavy atom. The summed E-state index contributed by atoms with van der Waals surface area (Å²) in [6, 6.07) is 0. The number of aliphatic hydroxyl groups excluding tert-OH is 1. The van der Waals surface area contributed by atoms with Crippen molar-refractivity contribution in [3.63, 3.8) is 0 Å². The Balaban J connectivity index is 2.66. The summed E-state index contributed by atoms with van der Waals surface area (Å²) >= 11 is 0. The second-order valence-corrected chi connectivity index (χ2v) is 4.62. The second-order valence-electron chi connectivity index (χ2n) is 4.62. The smallest absolute Gasteiger partial charge is 0.162 e. The van der Waals surface area contributed by atoms with Gasteiger partial charge in [-0.2, -0.15) is 0 Å². The maximum atomic E-state index is 9.94. The Morgan fingerprint density at radius 1 is 1.21 bits per heavy atom. The summed E-state index contributed by atoms with van der Waals surface area (Å²) in [4.78, 5) is 0. The fourth-order valence-electron chi connectivity index (χ4n) is 1.78. The fourth-order valence-corrected chi connectivity index (χ4v) is 1.78. The first-order valence-electron chi connectivity index (χ1n) is 5.42. The molecule has 0 saturated carbocycles. The van der Waals surface area contributed by atoms with Crippen molar-refractivity contribution in [2.75, 3.05) is 13.2 Å². The van der Waals surface area contributed by atoms with Gasteiger partial charge in [-0.1, -0.05) is 13.8 Å². The first kappa shape index (κ1) is 12.0. The molecule has 0 bridgehead atoms. The van der Waals surface area contributed by atoms with Gasteiger partial charge in [0.2, 0.25) is 0 Å². The largest absolute Gasteiger partial charge is 0.392 e. The third kappa shape index (κ3) is 2.27. The van der Waals surface area contributed by atoms with Crippen LogP contribution >= 0.6 is 0 Å². The van der Waals surface area contributed by atoms with Gasteiger partial charge in [0.15, 0.2) is 5.79 Å². The van der Waals surface area contributed by atoms with Gasteiger partial charge in [-0.3, -0.25) is 0 Å². The zero-order valence-corrected chi connectivity index (χ0v) is 9.67. The maximum Gasteiger partial charge on any atom is 0.162 e. The van der Waals surface area contributed by atoms with Gasteiger partial charge in [0.25, 0.3) is 0 Å². The van der Waals surface area contributed by atoms with E-state index in [2.05, 4.69) is 6.92 Å². The lowest BCUT2D eigenvalue weighted by Gasteiger charge is -2.45. The molecule has 1 aliphatic heterocycles. The predicted molar refractivity (Wildman–Crippen MR) is 55.0 cm³/mol. The average molecular weight is 202 g/mol. The molecule has 1 rings (SSSR count). The molecule has 0 spiro atoms. The molecule has 3 heteroatoms. The van der Waals surface area contributed by atoms with Crippen molar-refractivity contribution in [3.8, 4) is 0 Å². The Kier molecular flexibility index (Phi) is 3.56. The maximum absolute atomic E-state index is 9.94. The highest BCUT2D eigenvalue weighted by atomic mass is 16.7. The molecule has 14 heavy (non-hydrogen) atoms. The minimum absolute atomic E-state index is 0.204. The van der Waals surface area contributed by atoms with Crippen LogP contribution in [0.4, 0.5) is 0 Å². The lowest BCUT2D eigenvalue weighted by atomic mass is 9.79. The van der Waals surface area contributed by atoms with Crippen molar-refractivity contribution in [1.29, 1.82) is 0 Å². The SMILES string of the molecule is CCC(O)C1(CC)COC(C)(C)OC1. The Hall–Kier alpha value is -0.120. The monoisotopic (exact) mass is 202 g/mol. The summed E-state index contributed by atoms with van der Waals surface area (Å²) in [6.07, 6.45) is 1.31. The molecular formula is C11H22O3. The summed E-state index contributed by atoms with van der Waals surface area (Å²) in [7, 11) is 0. The molecule has 0 radical (unpaired) electrons. The zero-order chi connectivity index (χ0) is 10.8. The number of ether oxygens (including phenoxy) is 2. The average Bonchev–Trinajstić information content (AvgIpc) is 2.18. The quantitative estimate of drug-likeness (QED) is 0.760. The van der Waals surface area contributed by atoms with E-state index in [1.165, 1.54) is 0 Å². The normalized spacial score (nSPS) is 27.2. The summed E-state index contributed by atoms with van der Waals surface area (Å²) in [6.45, 7) is 9.05. The van der Waals surface area contributed by atoms with E-state index in [0.717, 1.165) is 12.8 Å². The van der Waals surface area contributed by atoms with E-state index in [-0.39, 0.29) is 11.5 Å². The van der Waals surface area contributed by atoms with Crippen LogP contribution in [0.5, 0.6) is 0 Å². The molecule has 0 aliphatic carbocycles. The number of hydrogen-bond acceptors (Lipinski definition) is 3. The number of rotatable bonds is 3. The third-order valence-corrected chi connectivity index (χ3v) is 3.21. The van der Waals surface area contributed by atoms with Crippen LogP contribution < -0.4 is 0 Å². The van der Waals surface area contributed by atoms with Crippen molar-refractivity contribution in [1.82, 2.24) is 0 Å². The first-order chi connectivity index (χ1) is 6.46. The van der Waals surface area contributed by atoms with Crippen molar-refractivity contribution >= 4 is 0 Å². The molecular weight excluding hydrogens is 180 g/mol. The molecule has 1 heterocycles. The third-order valence-electron chi connectivity index (χ3n) is 3.21. The van der Waals surface area contributed by atoms with Crippen LogP contribution in [0.15, 0.2) is 0 Å². The van der Waals surface area contributed by atoms with Crippen molar-refractivity contribution in [2.45, 2.75) is 52.4 Å². The van der Waals surface area contributed by atoms with Crippen molar-refractivity contribution in [2.24, 2.45) is 5.41 Å². The fraction of sp³-hybridized carbons (Fsp3) is 1.00. The molecule has 1 aliphatic rings. The highest BCUT2D eigenvalue weighted by molar-refractivity contribution is 4.88. The standard InChI is InChI=1S/C11H22O3/c1-5-9(12)11(6-2)7-13-10(3,4)14-8-11/h9,12H,5-8H2,1-4H3. The number of aliphatic hydroxyl groups is 1. The van der Waals surface area contributed by atoms with Crippen LogP contribution in [0, 0.1) is 5.41 Å². The molecule has 0 aromatic carbocycles. The lowest BCUT2D eigenvalue weighted by Crippen LogP contribution is -2.51. The van der Waals surface area contributed by atoms with Gasteiger partial charge in [-0.05, 0) is 26.7 Å². The predicted octanol–water partition coefficient (Wildman–Crippen LogP) is 1.94. The highest BCUT2D eigenvalue weighted by Gasteiger charge is 2.43. The summed E-state index contributed by atoms with van der Waals surface area (Å²) in [5, 5.41) is 9.94. The van der Waals surface area contributed by atoms with Gasteiger partial charge in [-0.15, -0.1) is 0 Å². The lowest BCUT2D eigenvalue weighted by molar-refractivity contribution is -0.299. The second kappa shape index (κ2) is 4.17. The van der Waals surface area contributed by atoms with Crippen LogP contribution in [-0.4, -0.2) is 30.2 Å². The van der Waals surface area contributed by atoms with Crippen LogP contribution in [0.25, 0.3) is 0 Å². The van der Waals surface area contributed by atoms with Crippen molar-refractivity contribution in [3.05, 3.63) is 0 Å². The van der Waals surface area contributed by atoms with Gasteiger partial charge in [0.05, 0.1) is 19.3 Å². The molecule has 1 unspecified atom stereocenters. The van der Waals surface area contributed by atoms with E-state index >= 15 is 0 Å². The Labute approximate surface area is 86.4 Å². The summed E-state index contributed by atoms with van der Waals surface area (Å²) < 4.78 is 11.2. The molecule has 1 atom stereocenters. The van der Waals surface area contributed by atoms with E-state index < -0.39 is 5.79 Å². The van der Waals surface area contributed by atoms with E-state index in [9.17, 15) is 5.11 Å². The van der Waals surface area contributed by atoms with Gasteiger partial charge in [0, 0.05) is 5.41 Å². The van der Waals surface area contributed by atoms with E-state index in [1.54, 1.807) is 0 Å². The topological polar surface area (TPSA) is 38.7 Å². The molecule has 3 nitrogen and oxygen atoms in total. The van der Waals surface area contributed by atoms with Crippen LogP contribution in [0.2, 0.25) is 0 Å². The number of hydrogen-bond donors (Lipinski definition) is 1. The summed E-state index contributed by atoms with van der Waals surface area (Å²) in [5.41, 5.74) is -0.204. The first-order valence-corrected chi connectivity index (χ1v) is 5.42. The molecule has 1 saturated heterocycles. The van der Waals surface area contributed by atoms with E-state index in [0.29, 0.717) is 13.2 Å². The molecule has 84 valence electrons. The van der Waals surface area contributed by atoms with Crippen LogP contribution in [0.1, 0.15) is 40.5 Å². The molecule has 1 N–H and O–H groups in total. The van der Waals surface area contributed by atoms with Crippen LogP contribution in [0.3, 0.4) is 0 Å². The van der Waals surface area contributed by atoms with Crippen LogP contribution in [-0.2, 0) is 9.47 Å². The van der Waals surface area contributed by atoms with Gasteiger partial charge < -0.3 is 14.6 Å². The van der Waals surface area contributed by atoms with Crippen molar-refractivity contribution < 1.29 is 14.6 Å². The molecule has 0 amide bonds. The summed E-state index contributed by atoms with van der Waals surface area (Å²) in [5.74, 6) is -0.494. The molecule has 1 fully saturated rings. The Bertz CT molecular complexity index is 179. The zero-order valence-electron chi connectivity index (χ0n) is 9.67. The van der Waals surface area contributed by atoms with Gasteiger partial charge >= 0.3 is 0 Å². The molecule has 0 aromatic rings. The van der Waals surface area contributed by atoms with E-state index in [4.69, 9.17) is 9.47 Å². The van der Waals surface area contributed by atoms with Gasteiger partial charge in [-0.25, -0.2) is 0 Å². The minimum Gasteiger partial charge on any atom is -0.392 e. The van der Waals surface area contributed by atoms with E-state index in [1.807, 2.05) is 20.8 Å². The highest BCUT2D eigenvalue weighted by Crippen LogP contribution is 2.36. The Morgan fingerprint density at radius 3 is 2.07 bits per heavy atom. The molecule has 0 aromatic heterocycles.